The van der Waals surface area contributed by atoms with Crippen molar-refractivity contribution in [1.29, 1.82) is 0 Å². The van der Waals surface area contributed by atoms with Gasteiger partial charge < -0.3 is 9.30 Å². The minimum Gasteiger partial charge on any atom is -0.457 e. The van der Waals surface area contributed by atoms with Gasteiger partial charge >= 0.3 is 5.97 Å². The minimum absolute atomic E-state index is 0.0257. The maximum Gasteiger partial charge on any atom is 0.355 e. The minimum atomic E-state index is -0.238. The lowest BCUT2D eigenvalue weighted by Gasteiger charge is -2.38. The number of esters is 1. The highest BCUT2D eigenvalue weighted by atomic mass is 35.5. The summed E-state index contributed by atoms with van der Waals surface area (Å²) in [7, 11) is 0. The third kappa shape index (κ3) is 2.04. The van der Waals surface area contributed by atoms with E-state index in [0.717, 1.165) is 12.8 Å². The summed E-state index contributed by atoms with van der Waals surface area (Å²) in [5.74, 6) is 0.431. The number of halogens is 1. The van der Waals surface area contributed by atoms with Gasteiger partial charge in [-0.2, -0.15) is 0 Å². The molecule has 3 unspecified atom stereocenters. The summed E-state index contributed by atoms with van der Waals surface area (Å²) in [5, 5.41) is 0.586. The van der Waals surface area contributed by atoms with Crippen LogP contribution < -0.4 is 0 Å². The van der Waals surface area contributed by atoms with Gasteiger partial charge in [0.15, 0.2) is 0 Å². The van der Waals surface area contributed by atoms with Gasteiger partial charge in [0.1, 0.15) is 11.8 Å². The summed E-state index contributed by atoms with van der Waals surface area (Å²) in [6.45, 7) is 9.64. The molecule has 1 heterocycles. The molecule has 1 aromatic heterocycles. The second-order valence-corrected chi connectivity index (χ2v) is 7.77. The van der Waals surface area contributed by atoms with Crippen LogP contribution in [0.1, 0.15) is 57.4 Å². The van der Waals surface area contributed by atoms with E-state index in [1.165, 1.54) is 6.42 Å². The maximum atomic E-state index is 12.5. The third-order valence-corrected chi connectivity index (χ3v) is 6.58. The predicted molar refractivity (Wildman–Crippen MR) is 83.5 cm³/mol. The fourth-order valence-electron chi connectivity index (χ4n) is 4.41. The molecule has 3 atom stereocenters. The van der Waals surface area contributed by atoms with Gasteiger partial charge in [0, 0.05) is 18.2 Å². The third-order valence-electron chi connectivity index (χ3n) is 6.38. The van der Waals surface area contributed by atoms with Crippen molar-refractivity contribution >= 4 is 17.6 Å². The van der Waals surface area contributed by atoms with Crippen molar-refractivity contribution in [3.8, 4) is 0 Å². The summed E-state index contributed by atoms with van der Waals surface area (Å²) in [4.78, 5) is 12.5. The molecule has 0 aliphatic heterocycles. The molecule has 3 nitrogen and oxygen atoms in total. The molecule has 0 amide bonds. The lowest BCUT2D eigenvalue weighted by molar-refractivity contribution is -0.0250. The average Bonchev–Trinajstić information content (AvgIpc) is 2.96. The predicted octanol–water partition coefficient (Wildman–Crippen LogP) is 4.53. The Hall–Kier alpha value is -0.960. The summed E-state index contributed by atoms with van der Waals surface area (Å²) in [6, 6.07) is 1.70. The van der Waals surface area contributed by atoms with Crippen LogP contribution >= 0.6 is 11.6 Å². The number of hydrogen-bond acceptors (Lipinski definition) is 2. The Kier molecular flexibility index (Phi) is 3.40. The zero-order valence-electron chi connectivity index (χ0n) is 13.3. The van der Waals surface area contributed by atoms with E-state index in [1.807, 2.05) is 11.5 Å². The Bertz CT molecular complexity index is 577. The number of aromatic nitrogens is 1. The molecular weight excluding hydrogens is 286 g/mol. The number of rotatable bonds is 3. The average molecular weight is 310 g/mol. The Labute approximate surface area is 131 Å². The van der Waals surface area contributed by atoms with Crippen molar-refractivity contribution in [2.45, 2.75) is 59.6 Å². The van der Waals surface area contributed by atoms with Crippen LogP contribution in [0.3, 0.4) is 0 Å². The number of carbonyl (C=O) groups excluding carboxylic acids is 1. The zero-order chi connectivity index (χ0) is 15.4. The van der Waals surface area contributed by atoms with Crippen molar-refractivity contribution in [1.82, 2.24) is 4.57 Å². The van der Waals surface area contributed by atoms with E-state index in [-0.39, 0.29) is 22.9 Å². The smallest absolute Gasteiger partial charge is 0.355 e. The largest absolute Gasteiger partial charge is 0.457 e. The number of fused-ring (bicyclic) bond motifs is 2. The highest BCUT2D eigenvalue weighted by molar-refractivity contribution is 6.30. The van der Waals surface area contributed by atoms with Crippen molar-refractivity contribution < 1.29 is 9.53 Å². The van der Waals surface area contributed by atoms with Crippen molar-refractivity contribution in [3.05, 3.63) is 23.0 Å². The SMILES string of the molecule is CCn1cc(Cl)cc1C(=O)OC1CC2CCC1(C)C2(C)C. The second-order valence-electron chi connectivity index (χ2n) is 7.33. The molecule has 0 aromatic carbocycles. The van der Waals surface area contributed by atoms with Crippen LogP contribution in [0.2, 0.25) is 5.02 Å². The van der Waals surface area contributed by atoms with Crippen LogP contribution in [0.4, 0.5) is 0 Å². The molecule has 2 saturated carbocycles. The molecule has 3 rings (SSSR count). The highest BCUT2D eigenvalue weighted by Crippen LogP contribution is 2.66. The van der Waals surface area contributed by atoms with Gasteiger partial charge in [0.25, 0.3) is 0 Å². The topological polar surface area (TPSA) is 31.2 Å². The first-order chi connectivity index (χ1) is 9.79. The van der Waals surface area contributed by atoms with Gasteiger partial charge in [0.05, 0.1) is 5.02 Å². The van der Waals surface area contributed by atoms with E-state index in [9.17, 15) is 4.79 Å². The summed E-state index contributed by atoms with van der Waals surface area (Å²) in [5.41, 5.74) is 0.912. The van der Waals surface area contributed by atoms with Crippen molar-refractivity contribution in [2.75, 3.05) is 0 Å². The molecule has 0 spiro atoms. The lowest BCUT2D eigenvalue weighted by Crippen LogP contribution is -2.38. The molecule has 2 aliphatic carbocycles. The fraction of sp³-hybridized carbons (Fsp3) is 0.706. The van der Waals surface area contributed by atoms with Gasteiger partial charge in [0.2, 0.25) is 0 Å². The van der Waals surface area contributed by atoms with Gasteiger partial charge in [-0.15, -0.1) is 0 Å². The van der Waals surface area contributed by atoms with Crippen LogP contribution in [0, 0.1) is 16.7 Å². The molecule has 2 bridgehead atoms. The van der Waals surface area contributed by atoms with Gasteiger partial charge in [-0.25, -0.2) is 4.79 Å². The monoisotopic (exact) mass is 309 g/mol. The first kappa shape index (κ1) is 15.0. The molecule has 2 aliphatic rings. The van der Waals surface area contributed by atoms with Crippen LogP contribution in [0.5, 0.6) is 0 Å². The summed E-state index contributed by atoms with van der Waals surface area (Å²) < 4.78 is 7.76. The van der Waals surface area contributed by atoms with Gasteiger partial charge in [-0.1, -0.05) is 32.4 Å². The van der Waals surface area contributed by atoms with E-state index in [2.05, 4.69) is 20.8 Å². The Morgan fingerprint density at radius 3 is 2.71 bits per heavy atom. The molecular formula is C17H24ClNO2. The van der Waals surface area contributed by atoms with Crippen LogP contribution in [0.25, 0.3) is 0 Å². The zero-order valence-corrected chi connectivity index (χ0v) is 14.0. The first-order valence-corrected chi connectivity index (χ1v) is 8.24. The number of carbonyl (C=O) groups is 1. The van der Waals surface area contributed by atoms with E-state index in [1.54, 1.807) is 12.3 Å². The van der Waals surface area contributed by atoms with Gasteiger partial charge in [-0.3, -0.25) is 0 Å². The molecule has 4 heteroatoms. The number of ether oxygens (including phenoxy) is 1. The van der Waals surface area contributed by atoms with E-state index in [4.69, 9.17) is 16.3 Å². The molecule has 2 fully saturated rings. The highest BCUT2D eigenvalue weighted by Gasteiger charge is 2.62. The van der Waals surface area contributed by atoms with Crippen LogP contribution in [0.15, 0.2) is 12.3 Å². The normalized spacial score (nSPS) is 33.4. The fourth-order valence-corrected chi connectivity index (χ4v) is 4.63. The molecule has 1 aromatic rings. The molecule has 0 radical (unpaired) electrons. The second kappa shape index (κ2) is 4.77. The maximum absolute atomic E-state index is 12.5. The summed E-state index contributed by atoms with van der Waals surface area (Å²) >= 11 is 6.01. The molecule has 0 saturated heterocycles. The lowest BCUT2D eigenvalue weighted by atomic mass is 9.70. The molecule has 21 heavy (non-hydrogen) atoms. The Balaban J connectivity index is 1.80. The number of nitrogens with zero attached hydrogens (tertiary/aromatic N) is 1. The van der Waals surface area contributed by atoms with Crippen molar-refractivity contribution in [2.24, 2.45) is 16.7 Å². The Morgan fingerprint density at radius 2 is 2.19 bits per heavy atom. The van der Waals surface area contributed by atoms with Gasteiger partial charge in [-0.05, 0) is 43.6 Å². The molecule has 0 N–H and O–H groups in total. The van der Waals surface area contributed by atoms with Crippen LogP contribution in [-0.4, -0.2) is 16.6 Å². The Morgan fingerprint density at radius 1 is 1.48 bits per heavy atom. The molecule has 116 valence electrons. The van der Waals surface area contributed by atoms with Crippen molar-refractivity contribution in [3.63, 3.8) is 0 Å². The first-order valence-electron chi connectivity index (χ1n) is 7.86. The standard InChI is InChI=1S/C17H24ClNO2/c1-5-19-10-12(18)9-13(19)15(20)21-14-8-11-6-7-17(14,4)16(11,2)3/h9-11,14H,5-8H2,1-4H3. The quantitative estimate of drug-likeness (QED) is 0.768. The number of aryl methyl sites for hydroxylation is 1. The van der Waals surface area contributed by atoms with E-state index < -0.39 is 0 Å². The summed E-state index contributed by atoms with van der Waals surface area (Å²) in [6.07, 6.45) is 5.21. The van der Waals surface area contributed by atoms with E-state index >= 15 is 0 Å². The van der Waals surface area contributed by atoms with E-state index in [0.29, 0.717) is 23.2 Å². The van der Waals surface area contributed by atoms with Crippen LogP contribution in [-0.2, 0) is 11.3 Å². The number of hydrogen-bond donors (Lipinski definition) is 0.